The number of methoxy groups -OCH3 is 1. The van der Waals surface area contributed by atoms with Gasteiger partial charge in [0, 0.05) is 32.3 Å². The van der Waals surface area contributed by atoms with E-state index in [1.165, 1.54) is 45.3 Å². The Morgan fingerprint density at radius 3 is 2.88 bits per heavy atom. The molecule has 0 bridgehead atoms. The van der Waals surface area contributed by atoms with Gasteiger partial charge >= 0.3 is 0 Å². The molecule has 2 aliphatic rings. The topological polar surface area (TPSA) is 24.5 Å². The molecule has 3 unspecified atom stereocenters. The molecule has 0 spiro atoms. The third kappa shape index (κ3) is 3.19. The predicted molar refractivity (Wildman–Crippen MR) is 66.7 cm³/mol. The van der Waals surface area contributed by atoms with E-state index in [0.717, 1.165) is 24.6 Å². The zero-order valence-electron chi connectivity index (χ0n) is 10.7. The Hall–Kier alpha value is -0.120. The van der Waals surface area contributed by atoms with E-state index < -0.39 is 0 Å². The van der Waals surface area contributed by atoms with E-state index in [-0.39, 0.29) is 0 Å². The largest absolute Gasteiger partial charge is 0.384 e. The fourth-order valence-electron chi connectivity index (χ4n) is 3.10. The smallest absolute Gasteiger partial charge is 0.0502 e. The summed E-state index contributed by atoms with van der Waals surface area (Å²) in [6.07, 6.45) is 5.39. The van der Waals surface area contributed by atoms with Crippen molar-refractivity contribution in [1.29, 1.82) is 0 Å². The lowest BCUT2D eigenvalue weighted by atomic mass is 9.94. The van der Waals surface area contributed by atoms with E-state index in [1.807, 2.05) is 7.11 Å². The molecule has 0 saturated carbocycles. The van der Waals surface area contributed by atoms with Crippen LogP contribution in [-0.2, 0) is 4.74 Å². The van der Waals surface area contributed by atoms with Crippen LogP contribution in [-0.4, -0.2) is 50.3 Å². The second-order valence-electron chi connectivity index (χ2n) is 5.50. The molecule has 3 atom stereocenters. The average molecular weight is 226 g/mol. The molecule has 2 saturated heterocycles. The van der Waals surface area contributed by atoms with E-state index in [1.54, 1.807) is 0 Å². The Balaban J connectivity index is 1.80. The van der Waals surface area contributed by atoms with Crippen molar-refractivity contribution in [2.24, 2.45) is 5.92 Å². The molecule has 0 aromatic heterocycles. The maximum Gasteiger partial charge on any atom is 0.0502 e. The van der Waals surface area contributed by atoms with Crippen LogP contribution in [0.15, 0.2) is 0 Å². The number of nitrogens with one attached hydrogen (secondary N) is 1. The van der Waals surface area contributed by atoms with Crippen molar-refractivity contribution in [2.45, 2.75) is 44.7 Å². The normalized spacial score (nSPS) is 37.5. The van der Waals surface area contributed by atoms with Gasteiger partial charge in [-0.15, -0.1) is 0 Å². The molecule has 16 heavy (non-hydrogen) atoms. The molecule has 3 nitrogen and oxygen atoms in total. The van der Waals surface area contributed by atoms with Gasteiger partial charge in [0.2, 0.25) is 0 Å². The highest BCUT2D eigenvalue weighted by Crippen LogP contribution is 2.22. The van der Waals surface area contributed by atoms with Crippen LogP contribution in [0.2, 0.25) is 0 Å². The first-order valence-electron chi connectivity index (χ1n) is 6.76. The number of rotatable bonds is 3. The summed E-state index contributed by atoms with van der Waals surface area (Å²) in [4.78, 5) is 2.69. The highest BCUT2D eigenvalue weighted by atomic mass is 16.5. The number of ether oxygens (including phenoxy) is 1. The molecule has 3 heteroatoms. The third-order valence-electron chi connectivity index (χ3n) is 4.10. The van der Waals surface area contributed by atoms with Crippen LogP contribution in [0.1, 0.15) is 32.6 Å². The van der Waals surface area contributed by atoms with E-state index in [0.29, 0.717) is 0 Å². The summed E-state index contributed by atoms with van der Waals surface area (Å²) in [7, 11) is 1.82. The first-order valence-corrected chi connectivity index (χ1v) is 6.76. The summed E-state index contributed by atoms with van der Waals surface area (Å²) in [6, 6.07) is 1.49. The van der Waals surface area contributed by atoms with Crippen LogP contribution in [0.5, 0.6) is 0 Å². The first-order chi connectivity index (χ1) is 7.79. The van der Waals surface area contributed by atoms with Gasteiger partial charge < -0.3 is 10.1 Å². The minimum absolute atomic E-state index is 0.718. The van der Waals surface area contributed by atoms with Crippen molar-refractivity contribution in [3.8, 4) is 0 Å². The maximum atomic E-state index is 5.29. The quantitative estimate of drug-likeness (QED) is 0.789. The monoisotopic (exact) mass is 226 g/mol. The van der Waals surface area contributed by atoms with E-state index >= 15 is 0 Å². The van der Waals surface area contributed by atoms with Crippen LogP contribution < -0.4 is 5.32 Å². The van der Waals surface area contributed by atoms with Gasteiger partial charge in [-0.25, -0.2) is 0 Å². The van der Waals surface area contributed by atoms with Gasteiger partial charge in [0.1, 0.15) is 0 Å². The minimum Gasteiger partial charge on any atom is -0.384 e. The number of hydrogen-bond acceptors (Lipinski definition) is 3. The molecule has 1 N–H and O–H groups in total. The van der Waals surface area contributed by atoms with Crippen LogP contribution in [0.25, 0.3) is 0 Å². The van der Waals surface area contributed by atoms with Crippen LogP contribution in [0.4, 0.5) is 0 Å². The maximum absolute atomic E-state index is 5.29. The van der Waals surface area contributed by atoms with Gasteiger partial charge in [-0.2, -0.15) is 0 Å². The highest BCUT2D eigenvalue weighted by Gasteiger charge is 2.28. The van der Waals surface area contributed by atoms with Crippen molar-refractivity contribution in [1.82, 2.24) is 10.2 Å². The van der Waals surface area contributed by atoms with E-state index in [9.17, 15) is 0 Å². The number of nitrogens with zero attached hydrogens (tertiary/aromatic N) is 1. The van der Waals surface area contributed by atoms with Crippen molar-refractivity contribution in [3.05, 3.63) is 0 Å². The Bertz CT molecular complexity index is 200. The average Bonchev–Trinajstić information content (AvgIpc) is 2.31. The van der Waals surface area contributed by atoms with Crippen molar-refractivity contribution in [2.75, 3.05) is 33.4 Å². The summed E-state index contributed by atoms with van der Waals surface area (Å²) >= 11 is 0. The van der Waals surface area contributed by atoms with Crippen molar-refractivity contribution in [3.63, 3.8) is 0 Å². The second kappa shape index (κ2) is 5.99. The summed E-state index contributed by atoms with van der Waals surface area (Å²) in [6.45, 7) is 6.95. The SMILES string of the molecule is COCC1CCCN(C2CCC(C)NC2)C1. The predicted octanol–water partition coefficient (Wildman–Crippen LogP) is 1.49. The molecule has 2 rings (SSSR count). The molecule has 2 heterocycles. The molecule has 0 amide bonds. The Morgan fingerprint density at radius 1 is 1.31 bits per heavy atom. The molecule has 0 radical (unpaired) electrons. The molecule has 0 aromatic rings. The summed E-state index contributed by atoms with van der Waals surface area (Å²) < 4.78 is 5.29. The standard InChI is InChI=1S/C13H26N2O/c1-11-5-6-13(8-14-11)15-7-3-4-12(9-15)10-16-2/h11-14H,3-10H2,1-2H3. The van der Waals surface area contributed by atoms with E-state index in [4.69, 9.17) is 4.74 Å². The molecule has 2 aliphatic heterocycles. The van der Waals surface area contributed by atoms with Crippen LogP contribution in [0.3, 0.4) is 0 Å². The Labute approximate surface area is 99.5 Å². The Morgan fingerprint density at radius 2 is 2.19 bits per heavy atom. The van der Waals surface area contributed by atoms with Crippen molar-refractivity contribution >= 4 is 0 Å². The minimum atomic E-state index is 0.718. The zero-order valence-corrected chi connectivity index (χ0v) is 10.7. The van der Waals surface area contributed by atoms with Gasteiger partial charge in [-0.05, 0) is 45.1 Å². The molecule has 2 fully saturated rings. The zero-order chi connectivity index (χ0) is 11.4. The fourth-order valence-corrected chi connectivity index (χ4v) is 3.10. The summed E-state index contributed by atoms with van der Waals surface area (Å²) in [5, 5.41) is 3.60. The molecular weight excluding hydrogens is 200 g/mol. The van der Waals surface area contributed by atoms with Gasteiger partial charge in [-0.3, -0.25) is 4.90 Å². The number of piperidine rings is 2. The lowest BCUT2D eigenvalue weighted by molar-refractivity contribution is 0.0577. The van der Waals surface area contributed by atoms with E-state index in [2.05, 4.69) is 17.1 Å². The lowest BCUT2D eigenvalue weighted by Gasteiger charge is -2.41. The fraction of sp³-hybridized carbons (Fsp3) is 1.00. The van der Waals surface area contributed by atoms with Gasteiger partial charge in [0.25, 0.3) is 0 Å². The third-order valence-corrected chi connectivity index (χ3v) is 4.10. The summed E-state index contributed by atoms with van der Waals surface area (Å²) in [5.74, 6) is 0.762. The number of likely N-dealkylation sites (tertiary alicyclic amines) is 1. The Kier molecular flexibility index (Phi) is 4.62. The first kappa shape index (κ1) is 12.3. The van der Waals surface area contributed by atoms with Gasteiger partial charge in [-0.1, -0.05) is 0 Å². The lowest BCUT2D eigenvalue weighted by Crippen LogP contribution is -2.52. The van der Waals surface area contributed by atoms with Crippen LogP contribution in [0, 0.1) is 5.92 Å². The molecule has 0 aliphatic carbocycles. The molecular formula is C13H26N2O. The number of hydrogen-bond donors (Lipinski definition) is 1. The highest BCUT2D eigenvalue weighted by molar-refractivity contribution is 4.85. The van der Waals surface area contributed by atoms with Gasteiger partial charge in [0.15, 0.2) is 0 Å². The molecule has 0 aromatic carbocycles. The van der Waals surface area contributed by atoms with Crippen LogP contribution >= 0.6 is 0 Å². The molecule has 94 valence electrons. The van der Waals surface area contributed by atoms with Crippen molar-refractivity contribution < 1.29 is 4.74 Å². The van der Waals surface area contributed by atoms with Gasteiger partial charge in [0.05, 0.1) is 6.61 Å². The summed E-state index contributed by atoms with van der Waals surface area (Å²) in [5.41, 5.74) is 0. The second-order valence-corrected chi connectivity index (χ2v) is 5.50.